The van der Waals surface area contributed by atoms with E-state index in [4.69, 9.17) is 16.3 Å². The number of esters is 1. The number of halogens is 2. The van der Waals surface area contributed by atoms with Gasteiger partial charge in [-0.05, 0) is 60.9 Å². The van der Waals surface area contributed by atoms with Crippen molar-refractivity contribution in [2.24, 2.45) is 0 Å². The maximum absolute atomic E-state index is 12.8. The summed E-state index contributed by atoms with van der Waals surface area (Å²) in [6.07, 6.45) is 3.42. The summed E-state index contributed by atoms with van der Waals surface area (Å²) in [7, 11) is 0. The molecule has 23 heavy (non-hydrogen) atoms. The molecule has 0 aliphatic heterocycles. The van der Waals surface area contributed by atoms with Crippen molar-refractivity contribution in [3.63, 3.8) is 0 Å². The van der Waals surface area contributed by atoms with Crippen molar-refractivity contribution in [3.8, 4) is 0 Å². The van der Waals surface area contributed by atoms with Crippen LogP contribution in [-0.2, 0) is 11.2 Å². The fourth-order valence-electron chi connectivity index (χ4n) is 2.45. The third-order valence-electron chi connectivity index (χ3n) is 3.63. The van der Waals surface area contributed by atoms with Crippen molar-refractivity contribution in [3.05, 3.63) is 70.6 Å². The Morgan fingerprint density at radius 2 is 1.96 bits per heavy atom. The first-order chi connectivity index (χ1) is 11.1. The summed E-state index contributed by atoms with van der Waals surface area (Å²) in [4.78, 5) is 15.0. The quantitative estimate of drug-likeness (QED) is 0.541. The second-order valence-corrected chi connectivity index (χ2v) is 5.69. The summed E-state index contributed by atoms with van der Waals surface area (Å²) < 4.78 is 18.0. The van der Waals surface area contributed by atoms with Gasteiger partial charge in [-0.25, -0.2) is 9.18 Å². The van der Waals surface area contributed by atoms with E-state index in [1.165, 1.54) is 24.3 Å². The van der Waals surface area contributed by atoms with Gasteiger partial charge in [0.1, 0.15) is 5.82 Å². The summed E-state index contributed by atoms with van der Waals surface area (Å²) in [5.74, 6) is -0.813. The highest BCUT2D eigenvalue weighted by Crippen LogP contribution is 2.23. The van der Waals surface area contributed by atoms with Crippen molar-refractivity contribution < 1.29 is 13.9 Å². The SMILES string of the molecule is O=C(OCCCc1c[nH]c2ccc(Cl)cc12)c1ccc(F)cc1. The molecule has 0 spiro atoms. The topological polar surface area (TPSA) is 42.1 Å². The van der Waals surface area contributed by atoms with E-state index in [-0.39, 0.29) is 5.82 Å². The number of aryl methyl sites for hydroxylation is 1. The van der Waals surface area contributed by atoms with Crippen LogP contribution in [0.1, 0.15) is 22.3 Å². The first kappa shape index (κ1) is 15.6. The first-order valence-corrected chi connectivity index (χ1v) is 7.69. The lowest BCUT2D eigenvalue weighted by Gasteiger charge is -2.05. The maximum atomic E-state index is 12.8. The fourth-order valence-corrected chi connectivity index (χ4v) is 2.63. The molecule has 118 valence electrons. The molecule has 0 bridgehead atoms. The number of fused-ring (bicyclic) bond motifs is 1. The Labute approximate surface area is 138 Å². The molecule has 0 aliphatic carbocycles. The van der Waals surface area contributed by atoms with Crippen LogP contribution in [0.4, 0.5) is 4.39 Å². The Bertz CT molecular complexity index is 827. The highest BCUT2D eigenvalue weighted by Gasteiger charge is 2.08. The zero-order valence-corrected chi connectivity index (χ0v) is 13.1. The van der Waals surface area contributed by atoms with Gasteiger partial charge in [0.25, 0.3) is 0 Å². The molecule has 5 heteroatoms. The lowest BCUT2D eigenvalue weighted by molar-refractivity contribution is 0.0500. The largest absolute Gasteiger partial charge is 0.462 e. The van der Waals surface area contributed by atoms with Gasteiger partial charge in [-0.15, -0.1) is 0 Å². The monoisotopic (exact) mass is 331 g/mol. The molecule has 2 aromatic carbocycles. The van der Waals surface area contributed by atoms with Crippen molar-refractivity contribution in [1.82, 2.24) is 4.98 Å². The molecule has 0 saturated heterocycles. The molecule has 0 fully saturated rings. The Morgan fingerprint density at radius 1 is 1.17 bits per heavy atom. The van der Waals surface area contributed by atoms with Crippen LogP contribution < -0.4 is 0 Å². The molecule has 0 radical (unpaired) electrons. The predicted octanol–water partition coefficient (Wildman–Crippen LogP) is 4.75. The van der Waals surface area contributed by atoms with Crippen molar-refractivity contribution in [2.75, 3.05) is 6.61 Å². The van der Waals surface area contributed by atoms with E-state index in [0.29, 0.717) is 23.6 Å². The Hall–Kier alpha value is -2.33. The average Bonchev–Trinajstić information content (AvgIpc) is 2.94. The minimum atomic E-state index is -0.438. The molecule has 3 rings (SSSR count). The Kier molecular flexibility index (Phi) is 4.63. The van der Waals surface area contributed by atoms with Gasteiger partial charge in [0.05, 0.1) is 12.2 Å². The van der Waals surface area contributed by atoms with Gasteiger partial charge in [-0.1, -0.05) is 11.6 Å². The van der Waals surface area contributed by atoms with E-state index in [1.807, 2.05) is 24.4 Å². The second kappa shape index (κ2) is 6.84. The number of hydrogen-bond acceptors (Lipinski definition) is 2. The van der Waals surface area contributed by atoms with E-state index in [0.717, 1.165) is 22.9 Å². The summed E-state index contributed by atoms with van der Waals surface area (Å²) >= 11 is 6.02. The van der Waals surface area contributed by atoms with E-state index in [1.54, 1.807) is 0 Å². The number of hydrogen-bond donors (Lipinski definition) is 1. The van der Waals surface area contributed by atoms with Crippen LogP contribution in [-0.4, -0.2) is 17.6 Å². The van der Waals surface area contributed by atoms with E-state index < -0.39 is 5.97 Å². The van der Waals surface area contributed by atoms with E-state index in [2.05, 4.69) is 4.98 Å². The van der Waals surface area contributed by atoms with E-state index >= 15 is 0 Å². The molecular formula is C18H15ClFNO2. The summed E-state index contributed by atoms with van der Waals surface area (Å²) in [6.45, 7) is 0.309. The number of aromatic amines is 1. The highest BCUT2D eigenvalue weighted by atomic mass is 35.5. The van der Waals surface area contributed by atoms with Crippen molar-refractivity contribution >= 4 is 28.5 Å². The highest BCUT2D eigenvalue weighted by molar-refractivity contribution is 6.31. The zero-order valence-electron chi connectivity index (χ0n) is 12.3. The van der Waals surface area contributed by atoms with Crippen LogP contribution in [0.5, 0.6) is 0 Å². The van der Waals surface area contributed by atoms with Gasteiger partial charge in [0.2, 0.25) is 0 Å². The van der Waals surface area contributed by atoms with Crippen LogP contribution in [0.25, 0.3) is 10.9 Å². The van der Waals surface area contributed by atoms with Crippen LogP contribution in [0.3, 0.4) is 0 Å². The smallest absolute Gasteiger partial charge is 0.338 e. The van der Waals surface area contributed by atoms with Gasteiger partial charge >= 0.3 is 5.97 Å². The minimum Gasteiger partial charge on any atom is -0.462 e. The number of H-pyrrole nitrogens is 1. The molecule has 0 amide bonds. The molecule has 1 aromatic heterocycles. The maximum Gasteiger partial charge on any atom is 0.338 e. The molecular weight excluding hydrogens is 317 g/mol. The third-order valence-corrected chi connectivity index (χ3v) is 3.87. The molecule has 1 heterocycles. The van der Waals surface area contributed by atoms with Crippen molar-refractivity contribution in [1.29, 1.82) is 0 Å². The predicted molar refractivity (Wildman–Crippen MR) is 88.3 cm³/mol. The molecule has 3 nitrogen and oxygen atoms in total. The third kappa shape index (κ3) is 3.71. The molecule has 0 unspecified atom stereocenters. The number of carbonyl (C=O) groups excluding carboxylic acids is 1. The van der Waals surface area contributed by atoms with Gasteiger partial charge in [-0.3, -0.25) is 0 Å². The lowest BCUT2D eigenvalue weighted by Crippen LogP contribution is -2.07. The molecule has 0 saturated carbocycles. The number of benzene rings is 2. The number of nitrogens with one attached hydrogen (secondary N) is 1. The van der Waals surface area contributed by atoms with Crippen LogP contribution in [0, 0.1) is 5.82 Å². The van der Waals surface area contributed by atoms with Crippen LogP contribution in [0.15, 0.2) is 48.7 Å². The van der Waals surface area contributed by atoms with Gasteiger partial charge in [0.15, 0.2) is 0 Å². The molecule has 0 aliphatic rings. The average molecular weight is 332 g/mol. The number of aromatic nitrogens is 1. The minimum absolute atomic E-state index is 0.309. The number of rotatable bonds is 5. The van der Waals surface area contributed by atoms with Gasteiger partial charge in [0, 0.05) is 22.1 Å². The fraction of sp³-hybridized carbons (Fsp3) is 0.167. The summed E-state index contributed by atoms with van der Waals surface area (Å²) in [5.41, 5.74) is 2.53. The van der Waals surface area contributed by atoms with Gasteiger partial charge < -0.3 is 9.72 Å². The zero-order chi connectivity index (χ0) is 16.2. The number of ether oxygens (including phenoxy) is 1. The Morgan fingerprint density at radius 3 is 2.74 bits per heavy atom. The molecule has 0 atom stereocenters. The number of carbonyl (C=O) groups is 1. The van der Waals surface area contributed by atoms with Crippen molar-refractivity contribution in [2.45, 2.75) is 12.8 Å². The lowest BCUT2D eigenvalue weighted by atomic mass is 10.1. The molecule has 3 aromatic rings. The van der Waals surface area contributed by atoms with E-state index in [9.17, 15) is 9.18 Å². The normalized spacial score (nSPS) is 10.9. The molecule has 1 N–H and O–H groups in total. The second-order valence-electron chi connectivity index (χ2n) is 5.25. The Balaban J connectivity index is 1.54. The standard InChI is InChI=1S/C18H15ClFNO2/c19-14-5-8-17-16(10-14)13(11-21-17)2-1-9-23-18(22)12-3-6-15(20)7-4-12/h3-8,10-11,21H,1-2,9H2. The van der Waals surface area contributed by atoms with Gasteiger partial charge in [-0.2, -0.15) is 0 Å². The van der Waals surface area contributed by atoms with Crippen LogP contribution >= 0.6 is 11.6 Å². The first-order valence-electron chi connectivity index (χ1n) is 7.32. The summed E-state index contributed by atoms with van der Waals surface area (Å²) in [6, 6.07) is 11.0. The van der Waals surface area contributed by atoms with Crippen LogP contribution in [0.2, 0.25) is 5.02 Å². The summed E-state index contributed by atoms with van der Waals surface area (Å²) in [5, 5.41) is 1.78.